The van der Waals surface area contributed by atoms with Crippen molar-refractivity contribution in [3.05, 3.63) is 15.6 Å². The van der Waals surface area contributed by atoms with E-state index in [0.717, 1.165) is 51.4 Å². The van der Waals surface area contributed by atoms with Crippen molar-refractivity contribution < 1.29 is 32.6 Å². The van der Waals surface area contributed by atoms with E-state index in [4.69, 9.17) is 14.6 Å². The third-order valence-electron chi connectivity index (χ3n) is 4.47. The van der Waals surface area contributed by atoms with Crippen LogP contribution < -0.4 is 0 Å². The third-order valence-corrected chi connectivity index (χ3v) is 5.62. The fourth-order valence-electron chi connectivity index (χ4n) is 2.97. The van der Waals surface area contributed by atoms with Crippen molar-refractivity contribution in [2.24, 2.45) is 5.92 Å². The number of amides is 1. The second-order valence-corrected chi connectivity index (χ2v) is 8.01. The number of carbonyl (C=O) groups excluding carboxylic acids is 1. The van der Waals surface area contributed by atoms with Gasteiger partial charge in [-0.15, -0.1) is 11.3 Å². The summed E-state index contributed by atoms with van der Waals surface area (Å²) in [7, 11) is 3.56. The number of carboxylic acids is 1. The van der Waals surface area contributed by atoms with Gasteiger partial charge in [-0.3, -0.25) is 4.79 Å². The molecule has 3 heterocycles. The molecule has 0 aromatic carbocycles. The van der Waals surface area contributed by atoms with Crippen LogP contribution in [0.1, 0.15) is 26.8 Å². The minimum atomic E-state index is -5.08. The molecule has 1 fully saturated rings. The van der Waals surface area contributed by atoms with Gasteiger partial charge in [0.1, 0.15) is 0 Å². The van der Waals surface area contributed by atoms with E-state index in [9.17, 15) is 18.0 Å². The fourth-order valence-corrected chi connectivity index (χ4v) is 4.09. The second kappa shape index (κ2) is 9.66. The van der Waals surface area contributed by atoms with Gasteiger partial charge in [0.15, 0.2) is 5.01 Å². The Bertz CT molecular complexity index is 662. The van der Waals surface area contributed by atoms with Crippen LogP contribution in [0.4, 0.5) is 13.2 Å². The molecule has 0 radical (unpaired) electrons. The topological polar surface area (TPSA) is 83.0 Å². The number of aliphatic carboxylic acids is 1. The Morgan fingerprint density at radius 2 is 1.96 bits per heavy atom. The average Bonchev–Trinajstić information content (AvgIpc) is 3.22. The van der Waals surface area contributed by atoms with Crippen LogP contribution in [0.3, 0.4) is 0 Å². The van der Waals surface area contributed by atoms with Crippen molar-refractivity contribution in [2.75, 3.05) is 46.9 Å². The predicted octanol–water partition coefficient (Wildman–Crippen LogP) is 1.92. The van der Waals surface area contributed by atoms with Crippen LogP contribution in [0.15, 0.2) is 0 Å². The molecule has 1 aromatic heterocycles. The molecule has 1 N–H and O–H groups in total. The van der Waals surface area contributed by atoms with E-state index in [1.165, 1.54) is 11.3 Å². The number of carboxylic acid groups (broad SMARTS) is 1. The van der Waals surface area contributed by atoms with Gasteiger partial charge in [-0.1, -0.05) is 0 Å². The quantitative estimate of drug-likeness (QED) is 0.800. The molecule has 11 heteroatoms. The lowest BCUT2D eigenvalue weighted by Crippen LogP contribution is -2.32. The standard InChI is InChI=1S/C15H23N3O2S.C2HF3O2/c1-17(2)15(19)14-16-12-3-6-18(7-4-13(12)21-14)9-11-5-8-20-10-11;3-2(4,5)1(6)7/h11H,3-10H2,1-2H3;(H,6,7). The first-order valence-electron chi connectivity index (χ1n) is 8.88. The number of halogens is 3. The van der Waals surface area contributed by atoms with E-state index in [1.807, 2.05) is 0 Å². The van der Waals surface area contributed by atoms with Gasteiger partial charge in [-0.05, 0) is 18.8 Å². The van der Waals surface area contributed by atoms with Crippen molar-refractivity contribution in [1.82, 2.24) is 14.8 Å². The van der Waals surface area contributed by atoms with Crippen LogP contribution >= 0.6 is 11.3 Å². The zero-order chi connectivity index (χ0) is 20.9. The molecule has 1 saturated heterocycles. The van der Waals surface area contributed by atoms with Crippen molar-refractivity contribution in [3.8, 4) is 0 Å². The largest absolute Gasteiger partial charge is 0.490 e. The summed E-state index contributed by atoms with van der Waals surface area (Å²) >= 11 is 1.58. The number of rotatable bonds is 3. The average molecular weight is 423 g/mol. The smallest absolute Gasteiger partial charge is 0.475 e. The highest BCUT2D eigenvalue weighted by molar-refractivity contribution is 7.13. The van der Waals surface area contributed by atoms with Gasteiger partial charge in [0.2, 0.25) is 0 Å². The normalized spacial score (nSPS) is 20.0. The van der Waals surface area contributed by atoms with Gasteiger partial charge in [0.05, 0.1) is 12.3 Å². The van der Waals surface area contributed by atoms with Crippen molar-refractivity contribution in [2.45, 2.75) is 25.4 Å². The van der Waals surface area contributed by atoms with E-state index in [-0.39, 0.29) is 5.91 Å². The van der Waals surface area contributed by atoms with Crippen LogP contribution in [0.2, 0.25) is 0 Å². The highest BCUT2D eigenvalue weighted by Crippen LogP contribution is 2.24. The van der Waals surface area contributed by atoms with Crippen LogP contribution in [-0.4, -0.2) is 84.9 Å². The fraction of sp³-hybridized carbons (Fsp3) is 0.706. The summed E-state index contributed by atoms with van der Waals surface area (Å²) in [6.45, 7) is 5.09. The zero-order valence-corrected chi connectivity index (χ0v) is 16.6. The number of fused-ring (bicyclic) bond motifs is 1. The molecule has 3 rings (SSSR count). The molecule has 2 aliphatic rings. The third kappa shape index (κ3) is 6.42. The lowest BCUT2D eigenvalue weighted by Gasteiger charge is -2.22. The molecular weight excluding hydrogens is 399 g/mol. The highest BCUT2D eigenvalue weighted by Gasteiger charge is 2.38. The molecule has 7 nitrogen and oxygen atoms in total. The maximum Gasteiger partial charge on any atom is 0.490 e. The number of aromatic nitrogens is 1. The molecule has 28 heavy (non-hydrogen) atoms. The van der Waals surface area contributed by atoms with Crippen LogP contribution in [0.25, 0.3) is 0 Å². The molecule has 0 bridgehead atoms. The summed E-state index contributed by atoms with van der Waals surface area (Å²) in [6, 6.07) is 0. The monoisotopic (exact) mass is 423 g/mol. The lowest BCUT2D eigenvalue weighted by atomic mass is 10.1. The zero-order valence-electron chi connectivity index (χ0n) is 15.8. The second-order valence-electron chi connectivity index (χ2n) is 6.92. The molecule has 0 spiro atoms. The molecule has 1 aromatic rings. The van der Waals surface area contributed by atoms with E-state index in [2.05, 4.69) is 9.88 Å². The predicted molar refractivity (Wildman–Crippen MR) is 96.6 cm³/mol. The minimum absolute atomic E-state index is 0.0213. The van der Waals surface area contributed by atoms with E-state index in [0.29, 0.717) is 10.9 Å². The lowest BCUT2D eigenvalue weighted by molar-refractivity contribution is -0.192. The van der Waals surface area contributed by atoms with Crippen LogP contribution in [0.5, 0.6) is 0 Å². The SMILES string of the molecule is CN(C)C(=O)c1nc2c(s1)CCN(CC1CCOC1)CC2.O=C(O)C(F)(F)F. The Balaban J connectivity index is 0.000000345. The number of carbonyl (C=O) groups is 2. The van der Waals surface area contributed by atoms with E-state index in [1.54, 1.807) is 30.3 Å². The minimum Gasteiger partial charge on any atom is -0.475 e. The Morgan fingerprint density at radius 1 is 1.32 bits per heavy atom. The van der Waals surface area contributed by atoms with Gasteiger partial charge >= 0.3 is 12.1 Å². The van der Waals surface area contributed by atoms with Gasteiger partial charge in [-0.2, -0.15) is 13.2 Å². The summed E-state index contributed by atoms with van der Waals surface area (Å²) in [4.78, 5) is 30.9. The van der Waals surface area contributed by atoms with E-state index < -0.39 is 12.1 Å². The molecule has 1 amide bonds. The number of alkyl halides is 3. The number of nitrogens with zero attached hydrogens (tertiary/aromatic N) is 3. The van der Waals surface area contributed by atoms with Gasteiger partial charge in [0, 0.05) is 51.6 Å². The maximum atomic E-state index is 12.0. The molecular formula is C17H24F3N3O4S. The Morgan fingerprint density at radius 3 is 2.50 bits per heavy atom. The molecule has 158 valence electrons. The van der Waals surface area contributed by atoms with Gasteiger partial charge < -0.3 is 19.6 Å². The maximum absolute atomic E-state index is 12.0. The summed E-state index contributed by atoms with van der Waals surface area (Å²) in [5, 5.41) is 7.77. The van der Waals surface area contributed by atoms with Crippen molar-refractivity contribution >= 4 is 23.2 Å². The molecule has 0 aliphatic carbocycles. The van der Waals surface area contributed by atoms with Crippen molar-refractivity contribution in [3.63, 3.8) is 0 Å². The Hall–Kier alpha value is -1.72. The first-order valence-corrected chi connectivity index (χ1v) is 9.70. The highest BCUT2D eigenvalue weighted by atomic mass is 32.1. The van der Waals surface area contributed by atoms with Crippen LogP contribution in [0, 0.1) is 5.92 Å². The van der Waals surface area contributed by atoms with E-state index >= 15 is 0 Å². The number of hydrogen-bond acceptors (Lipinski definition) is 6. The number of thiazole rings is 1. The van der Waals surface area contributed by atoms with Gasteiger partial charge in [0.25, 0.3) is 5.91 Å². The van der Waals surface area contributed by atoms with Crippen LogP contribution in [-0.2, 0) is 22.4 Å². The molecule has 1 atom stereocenters. The summed E-state index contributed by atoms with van der Waals surface area (Å²) < 4.78 is 37.2. The molecule has 1 unspecified atom stereocenters. The summed E-state index contributed by atoms with van der Waals surface area (Å²) in [6.07, 6.45) is -1.92. The number of hydrogen-bond donors (Lipinski definition) is 1. The summed E-state index contributed by atoms with van der Waals surface area (Å²) in [5.41, 5.74) is 1.13. The Kier molecular flexibility index (Phi) is 7.79. The molecule has 0 saturated carbocycles. The van der Waals surface area contributed by atoms with Crippen molar-refractivity contribution in [1.29, 1.82) is 0 Å². The first kappa shape index (κ1) is 22.6. The number of ether oxygens (including phenoxy) is 1. The first-order chi connectivity index (χ1) is 13.1. The molecule has 2 aliphatic heterocycles. The van der Waals surface area contributed by atoms with Gasteiger partial charge in [-0.25, -0.2) is 9.78 Å². The Labute approximate surface area is 165 Å². The summed E-state index contributed by atoms with van der Waals surface area (Å²) in [5.74, 6) is -2.04.